The van der Waals surface area contributed by atoms with Crippen LogP contribution < -0.4 is 5.32 Å². The lowest BCUT2D eigenvalue weighted by molar-refractivity contribution is 0.203. The molecule has 0 aliphatic heterocycles. The molecule has 1 aliphatic carbocycles. The van der Waals surface area contributed by atoms with Crippen LogP contribution in [0.15, 0.2) is 4.52 Å². The van der Waals surface area contributed by atoms with Gasteiger partial charge in [0.2, 0.25) is 0 Å². The van der Waals surface area contributed by atoms with Crippen LogP contribution in [-0.4, -0.2) is 11.7 Å². The summed E-state index contributed by atoms with van der Waals surface area (Å²) in [7, 11) is 0. The molecule has 0 aromatic carbocycles. The Bertz CT molecular complexity index is 418. The van der Waals surface area contributed by atoms with Gasteiger partial charge < -0.3 is 9.84 Å². The molecule has 3 nitrogen and oxygen atoms in total. The van der Waals surface area contributed by atoms with Crippen molar-refractivity contribution in [2.24, 2.45) is 5.41 Å². The van der Waals surface area contributed by atoms with E-state index in [1.807, 2.05) is 0 Å². The first-order chi connectivity index (χ1) is 8.36. The van der Waals surface area contributed by atoms with Crippen LogP contribution >= 0.6 is 0 Å². The molecular formula is C15H26N2O. The molecule has 1 N–H and O–H groups in total. The molecule has 0 saturated heterocycles. The fourth-order valence-corrected chi connectivity index (χ4v) is 3.54. The predicted molar refractivity (Wildman–Crippen MR) is 73.6 cm³/mol. The van der Waals surface area contributed by atoms with E-state index in [1.165, 1.54) is 12.0 Å². The lowest BCUT2D eigenvalue weighted by atomic mass is 9.64. The second-order valence-electron chi connectivity index (χ2n) is 7.01. The Morgan fingerprint density at radius 3 is 2.67 bits per heavy atom. The van der Waals surface area contributed by atoms with Crippen molar-refractivity contribution in [1.29, 1.82) is 0 Å². The van der Waals surface area contributed by atoms with E-state index >= 15 is 0 Å². The molecule has 1 heterocycles. The van der Waals surface area contributed by atoms with E-state index in [9.17, 15) is 0 Å². The Morgan fingerprint density at radius 1 is 1.28 bits per heavy atom. The highest BCUT2D eigenvalue weighted by atomic mass is 16.5. The number of nitrogens with one attached hydrogen (secondary N) is 1. The second-order valence-corrected chi connectivity index (χ2v) is 7.01. The summed E-state index contributed by atoms with van der Waals surface area (Å²) in [5, 5.41) is 7.72. The van der Waals surface area contributed by atoms with Gasteiger partial charge in [-0.15, -0.1) is 0 Å². The minimum Gasteiger partial charge on any atom is -0.361 e. The summed E-state index contributed by atoms with van der Waals surface area (Å²) in [6, 6.07) is 0. The summed E-state index contributed by atoms with van der Waals surface area (Å²) in [6.07, 6.45) is 3.35. The first-order valence-electron chi connectivity index (χ1n) is 7.04. The van der Waals surface area contributed by atoms with Gasteiger partial charge in [0.05, 0.1) is 0 Å². The number of hydrogen-bond donors (Lipinski definition) is 1. The van der Waals surface area contributed by atoms with E-state index in [-0.39, 0.29) is 5.41 Å². The summed E-state index contributed by atoms with van der Waals surface area (Å²) in [4.78, 5) is 0. The van der Waals surface area contributed by atoms with E-state index < -0.39 is 0 Å². The summed E-state index contributed by atoms with van der Waals surface area (Å²) in [6.45, 7) is 13.3. The van der Waals surface area contributed by atoms with Crippen LogP contribution in [0.5, 0.6) is 0 Å². The molecule has 0 bridgehead atoms. The zero-order chi connectivity index (χ0) is 13.4. The van der Waals surface area contributed by atoms with Gasteiger partial charge in [-0.3, -0.25) is 0 Å². The summed E-state index contributed by atoms with van der Waals surface area (Å²) >= 11 is 0. The zero-order valence-electron chi connectivity index (χ0n) is 12.4. The van der Waals surface area contributed by atoms with Gasteiger partial charge in [-0.05, 0) is 30.2 Å². The standard InChI is InChI=1S/C15H26N2O/c1-6-7-16-9-11-13-12(18-17-11)8-14(2,3)10-15(13,4)5/h16H,6-10H2,1-5H3. The maximum atomic E-state index is 5.60. The second kappa shape index (κ2) is 4.69. The summed E-state index contributed by atoms with van der Waals surface area (Å²) < 4.78 is 5.60. The summed E-state index contributed by atoms with van der Waals surface area (Å²) in [5.74, 6) is 1.10. The monoisotopic (exact) mass is 250 g/mol. The van der Waals surface area contributed by atoms with Gasteiger partial charge in [-0.25, -0.2) is 0 Å². The first kappa shape index (κ1) is 13.6. The molecule has 0 radical (unpaired) electrons. The van der Waals surface area contributed by atoms with Crippen LogP contribution in [0.4, 0.5) is 0 Å². The van der Waals surface area contributed by atoms with Crippen LogP contribution in [0.2, 0.25) is 0 Å². The number of fused-ring (bicyclic) bond motifs is 1. The molecule has 0 saturated carbocycles. The van der Waals surface area contributed by atoms with E-state index in [1.54, 1.807) is 0 Å². The highest BCUT2D eigenvalue weighted by molar-refractivity contribution is 5.34. The minimum absolute atomic E-state index is 0.167. The number of rotatable bonds is 4. The average Bonchev–Trinajstić information content (AvgIpc) is 2.59. The van der Waals surface area contributed by atoms with Crippen LogP contribution in [0.1, 0.15) is 64.5 Å². The molecule has 0 fully saturated rings. The third kappa shape index (κ3) is 2.61. The molecular weight excluding hydrogens is 224 g/mol. The predicted octanol–water partition coefficient (Wildman–Crippen LogP) is 3.42. The van der Waals surface area contributed by atoms with E-state index in [0.29, 0.717) is 5.41 Å². The van der Waals surface area contributed by atoms with Crippen molar-refractivity contribution in [3.8, 4) is 0 Å². The Morgan fingerprint density at radius 2 is 2.00 bits per heavy atom. The Kier molecular flexibility index (Phi) is 3.54. The topological polar surface area (TPSA) is 38.1 Å². The van der Waals surface area contributed by atoms with E-state index in [2.05, 4.69) is 45.1 Å². The fraction of sp³-hybridized carbons (Fsp3) is 0.800. The van der Waals surface area contributed by atoms with E-state index in [4.69, 9.17) is 4.52 Å². The molecule has 18 heavy (non-hydrogen) atoms. The molecule has 1 aromatic rings. The van der Waals surface area contributed by atoms with Crippen LogP contribution in [0.3, 0.4) is 0 Å². The lowest BCUT2D eigenvalue weighted by Crippen LogP contribution is -2.35. The fourth-order valence-electron chi connectivity index (χ4n) is 3.54. The molecule has 0 unspecified atom stereocenters. The van der Waals surface area contributed by atoms with Gasteiger partial charge in [-0.1, -0.05) is 39.8 Å². The molecule has 1 aromatic heterocycles. The zero-order valence-corrected chi connectivity index (χ0v) is 12.4. The van der Waals surface area contributed by atoms with Crippen molar-refractivity contribution >= 4 is 0 Å². The Balaban J connectivity index is 2.25. The highest BCUT2D eigenvalue weighted by Gasteiger charge is 2.41. The van der Waals surface area contributed by atoms with Gasteiger partial charge in [0, 0.05) is 18.5 Å². The van der Waals surface area contributed by atoms with Crippen LogP contribution in [0, 0.1) is 5.41 Å². The maximum Gasteiger partial charge on any atom is 0.141 e. The van der Waals surface area contributed by atoms with Crippen LogP contribution in [0.25, 0.3) is 0 Å². The van der Waals surface area contributed by atoms with Crippen LogP contribution in [-0.2, 0) is 18.4 Å². The van der Waals surface area contributed by atoms with Gasteiger partial charge in [0.1, 0.15) is 11.5 Å². The quantitative estimate of drug-likeness (QED) is 0.832. The van der Waals surface area contributed by atoms with Crippen molar-refractivity contribution in [2.75, 3.05) is 6.54 Å². The third-order valence-corrected chi connectivity index (χ3v) is 3.79. The highest BCUT2D eigenvalue weighted by Crippen LogP contribution is 2.46. The molecule has 0 atom stereocenters. The number of hydrogen-bond acceptors (Lipinski definition) is 3. The molecule has 1 aliphatic rings. The lowest BCUT2D eigenvalue weighted by Gasteiger charge is -2.39. The molecule has 0 amide bonds. The summed E-state index contributed by atoms with van der Waals surface area (Å²) in [5.41, 5.74) is 2.94. The Hall–Kier alpha value is -0.830. The van der Waals surface area contributed by atoms with Crippen molar-refractivity contribution in [3.63, 3.8) is 0 Å². The minimum atomic E-state index is 0.167. The molecule has 2 rings (SSSR count). The van der Waals surface area contributed by atoms with Crippen molar-refractivity contribution in [3.05, 3.63) is 17.0 Å². The van der Waals surface area contributed by atoms with E-state index in [0.717, 1.165) is 37.4 Å². The van der Waals surface area contributed by atoms with Crippen molar-refractivity contribution < 1.29 is 4.52 Å². The van der Waals surface area contributed by atoms with Crippen molar-refractivity contribution in [1.82, 2.24) is 10.5 Å². The normalized spacial score (nSPS) is 20.7. The van der Waals surface area contributed by atoms with Gasteiger partial charge >= 0.3 is 0 Å². The Labute approximate surface area is 110 Å². The van der Waals surface area contributed by atoms with Crippen molar-refractivity contribution in [2.45, 2.75) is 65.8 Å². The molecule has 102 valence electrons. The van der Waals surface area contributed by atoms with Gasteiger partial charge in [-0.2, -0.15) is 0 Å². The number of aromatic nitrogens is 1. The molecule has 3 heteroatoms. The maximum absolute atomic E-state index is 5.60. The largest absolute Gasteiger partial charge is 0.361 e. The molecule has 0 spiro atoms. The van der Waals surface area contributed by atoms with Gasteiger partial charge in [0.25, 0.3) is 0 Å². The first-order valence-corrected chi connectivity index (χ1v) is 7.04. The number of nitrogens with zero attached hydrogens (tertiary/aromatic N) is 1. The third-order valence-electron chi connectivity index (χ3n) is 3.79. The average molecular weight is 250 g/mol. The smallest absolute Gasteiger partial charge is 0.141 e. The SMILES string of the molecule is CCCNCc1noc2c1C(C)(C)CC(C)(C)C2. The van der Waals surface area contributed by atoms with Gasteiger partial charge in [0.15, 0.2) is 0 Å².